The second-order valence-electron chi connectivity index (χ2n) is 3.62. The standard InChI is InChI=1S/C8H15N3O2S/c1-6(2)11-4-8(7(3)10-11)5-14(9,12)13/h4,6H,5H2,1-3H3,(H2,9,12,13). The fourth-order valence-electron chi connectivity index (χ4n) is 1.14. The Hall–Kier alpha value is -0.880. The van der Waals surface area contributed by atoms with Crippen molar-refractivity contribution in [2.75, 3.05) is 0 Å². The van der Waals surface area contributed by atoms with Crippen LogP contribution in [0.2, 0.25) is 0 Å². The Balaban J connectivity index is 3.00. The monoisotopic (exact) mass is 217 g/mol. The number of rotatable bonds is 3. The molecule has 1 aromatic heterocycles. The summed E-state index contributed by atoms with van der Waals surface area (Å²) in [5.41, 5.74) is 1.38. The molecular weight excluding hydrogens is 202 g/mol. The molecule has 0 aliphatic heterocycles. The number of hydrogen-bond donors (Lipinski definition) is 1. The first-order valence-corrected chi connectivity index (χ1v) is 6.06. The van der Waals surface area contributed by atoms with Gasteiger partial charge in [0.05, 0.1) is 11.4 Å². The van der Waals surface area contributed by atoms with Gasteiger partial charge in [0.25, 0.3) is 0 Å². The van der Waals surface area contributed by atoms with Gasteiger partial charge in [0.1, 0.15) is 0 Å². The Kier molecular flexibility index (Phi) is 2.96. The molecule has 0 spiro atoms. The fourth-order valence-corrected chi connectivity index (χ4v) is 1.86. The number of aryl methyl sites for hydroxylation is 1. The van der Waals surface area contributed by atoms with E-state index < -0.39 is 10.0 Å². The molecule has 2 N–H and O–H groups in total. The van der Waals surface area contributed by atoms with Crippen molar-refractivity contribution < 1.29 is 8.42 Å². The molecule has 1 aromatic rings. The molecule has 0 aliphatic carbocycles. The largest absolute Gasteiger partial charge is 0.270 e. The predicted octanol–water partition coefficient (Wildman–Crippen LogP) is 0.561. The quantitative estimate of drug-likeness (QED) is 0.803. The maximum Gasteiger partial charge on any atom is 0.213 e. The number of nitrogens with two attached hydrogens (primary N) is 1. The number of nitrogens with zero attached hydrogens (tertiary/aromatic N) is 2. The minimum Gasteiger partial charge on any atom is -0.270 e. The van der Waals surface area contributed by atoms with Gasteiger partial charge in [0.15, 0.2) is 0 Å². The van der Waals surface area contributed by atoms with E-state index in [2.05, 4.69) is 5.10 Å². The molecule has 0 amide bonds. The zero-order valence-corrected chi connectivity index (χ0v) is 9.37. The Morgan fingerprint density at radius 2 is 2.14 bits per heavy atom. The molecular formula is C8H15N3O2S. The highest BCUT2D eigenvalue weighted by Crippen LogP contribution is 2.12. The van der Waals surface area contributed by atoms with E-state index >= 15 is 0 Å². The molecule has 14 heavy (non-hydrogen) atoms. The predicted molar refractivity (Wildman–Crippen MR) is 54.2 cm³/mol. The van der Waals surface area contributed by atoms with Crippen LogP contribution in [0, 0.1) is 6.92 Å². The molecule has 5 nitrogen and oxygen atoms in total. The first-order valence-electron chi connectivity index (χ1n) is 4.34. The number of hydrogen-bond acceptors (Lipinski definition) is 3. The van der Waals surface area contributed by atoms with Gasteiger partial charge in [-0.25, -0.2) is 13.6 Å². The summed E-state index contributed by atoms with van der Waals surface area (Å²) < 4.78 is 23.5. The molecule has 0 aliphatic rings. The number of primary sulfonamides is 1. The van der Waals surface area contributed by atoms with E-state index in [1.807, 2.05) is 13.8 Å². The normalized spacial score (nSPS) is 12.4. The third-order valence-electron chi connectivity index (χ3n) is 1.90. The molecule has 1 rings (SSSR count). The molecule has 0 radical (unpaired) electrons. The molecule has 0 fully saturated rings. The van der Waals surface area contributed by atoms with Crippen LogP contribution < -0.4 is 5.14 Å². The van der Waals surface area contributed by atoms with E-state index in [4.69, 9.17) is 5.14 Å². The van der Waals surface area contributed by atoms with E-state index in [1.54, 1.807) is 17.8 Å². The maximum atomic E-state index is 10.9. The first-order chi connectivity index (χ1) is 6.29. The van der Waals surface area contributed by atoms with Gasteiger partial charge in [0.2, 0.25) is 10.0 Å². The fraction of sp³-hybridized carbons (Fsp3) is 0.625. The number of sulfonamides is 1. The van der Waals surface area contributed by atoms with Crippen molar-refractivity contribution in [2.24, 2.45) is 5.14 Å². The van der Waals surface area contributed by atoms with Crippen molar-refractivity contribution >= 4 is 10.0 Å². The summed E-state index contributed by atoms with van der Waals surface area (Å²) in [6.45, 7) is 5.74. The van der Waals surface area contributed by atoms with Crippen molar-refractivity contribution in [3.8, 4) is 0 Å². The average Bonchev–Trinajstić information content (AvgIpc) is 2.29. The molecule has 1 heterocycles. The topological polar surface area (TPSA) is 78.0 Å². The first kappa shape index (κ1) is 11.2. The molecule has 80 valence electrons. The van der Waals surface area contributed by atoms with Crippen LogP contribution in [-0.4, -0.2) is 18.2 Å². The molecule has 0 bridgehead atoms. The Morgan fingerprint density at radius 3 is 2.50 bits per heavy atom. The Morgan fingerprint density at radius 1 is 1.57 bits per heavy atom. The average molecular weight is 217 g/mol. The van der Waals surface area contributed by atoms with Gasteiger partial charge in [-0.05, 0) is 20.8 Å². The van der Waals surface area contributed by atoms with Crippen LogP contribution in [0.3, 0.4) is 0 Å². The van der Waals surface area contributed by atoms with Crippen molar-refractivity contribution in [2.45, 2.75) is 32.6 Å². The van der Waals surface area contributed by atoms with Gasteiger partial charge in [-0.2, -0.15) is 5.10 Å². The molecule has 0 saturated heterocycles. The summed E-state index contributed by atoms with van der Waals surface area (Å²) in [5.74, 6) is -0.147. The number of aromatic nitrogens is 2. The van der Waals surface area contributed by atoms with E-state index in [-0.39, 0.29) is 11.8 Å². The van der Waals surface area contributed by atoms with Crippen molar-refractivity contribution in [3.05, 3.63) is 17.5 Å². The highest BCUT2D eigenvalue weighted by molar-refractivity contribution is 7.88. The summed E-state index contributed by atoms with van der Waals surface area (Å²) in [7, 11) is -3.47. The van der Waals surface area contributed by atoms with Gasteiger partial charge < -0.3 is 0 Å². The van der Waals surface area contributed by atoms with Gasteiger partial charge in [-0.3, -0.25) is 4.68 Å². The lowest BCUT2D eigenvalue weighted by atomic mass is 10.3. The highest BCUT2D eigenvalue weighted by Gasteiger charge is 2.12. The van der Waals surface area contributed by atoms with Crippen LogP contribution in [0.5, 0.6) is 0 Å². The van der Waals surface area contributed by atoms with Crippen LogP contribution in [0.25, 0.3) is 0 Å². The lowest BCUT2D eigenvalue weighted by Crippen LogP contribution is -2.14. The van der Waals surface area contributed by atoms with Crippen LogP contribution in [0.1, 0.15) is 31.1 Å². The van der Waals surface area contributed by atoms with Gasteiger partial charge >= 0.3 is 0 Å². The zero-order valence-electron chi connectivity index (χ0n) is 8.56. The van der Waals surface area contributed by atoms with Crippen molar-refractivity contribution in [3.63, 3.8) is 0 Å². The highest BCUT2D eigenvalue weighted by atomic mass is 32.2. The second kappa shape index (κ2) is 3.70. The minimum atomic E-state index is -3.47. The van der Waals surface area contributed by atoms with E-state index in [0.717, 1.165) is 0 Å². The summed E-state index contributed by atoms with van der Waals surface area (Å²) in [6.07, 6.45) is 1.73. The van der Waals surface area contributed by atoms with Gasteiger partial charge in [-0.1, -0.05) is 0 Å². The summed E-state index contributed by atoms with van der Waals surface area (Å²) in [5, 5.41) is 9.15. The van der Waals surface area contributed by atoms with Crippen LogP contribution >= 0.6 is 0 Å². The molecule has 0 unspecified atom stereocenters. The van der Waals surface area contributed by atoms with Crippen LogP contribution in [0.15, 0.2) is 6.20 Å². The summed E-state index contributed by atoms with van der Waals surface area (Å²) in [4.78, 5) is 0. The zero-order chi connectivity index (χ0) is 10.9. The second-order valence-corrected chi connectivity index (χ2v) is 5.24. The lowest BCUT2D eigenvalue weighted by molar-refractivity contribution is 0.529. The van der Waals surface area contributed by atoms with Gasteiger partial charge in [0, 0.05) is 17.8 Å². The van der Waals surface area contributed by atoms with Crippen molar-refractivity contribution in [1.82, 2.24) is 9.78 Å². The molecule has 0 saturated carbocycles. The van der Waals surface area contributed by atoms with E-state index in [9.17, 15) is 8.42 Å². The molecule has 6 heteroatoms. The van der Waals surface area contributed by atoms with E-state index in [0.29, 0.717) is 11.3 Å². The van der Waals surface area contributed by atoms with E-state index in [1.165, 1.54) is 0 Å². The maximum absolute atomic E-state index is 10.9. The molecule has 0 aromatic carbocycles. The lowest BCUT2D eigenvalue weighted by Gasteiger charge is -2.02. The smallest absolute Gasteiger partial charge is 0.213 e. The summed E-state index contributed by atoms with van der Waals surface area (Å²) in [6, 6.07) is 0.225. The Bertz CT molecular complexity index is 420. The third-order valence-corrected chi connectivity index (χ3v) is 2.62. The molecule has 0 atom stereocenters. The van der Waals surface area contributed by atoms with Crippen LogP contribution in [0.4, 0.5) is 0 Å². The van der Waals surface area contributed by atoms with Gasteiger partial charge in [-0.15, -0.1) is 0 Å². The third kappa shape index (κ3) is 2.81. The Labute approximate surface area is 84.0 Å². The minimum absolute atomic E-state index is 0.147. The summed E-state index contributed by atoms with van der Waals surface area (Å²) >= 11 is 0. The SMILES string of the molecule is Cc1nn(C(C)C)cc1CS(N)(=O)=O. The van der Waals surface area contributed by atoms with Crippen LogP contribution in [-0.2, 0) is 15.8 Å². The van der Waals surface area contributed by atoms with Crippen molar-refractivity contribution in [1.29, 1.82) is 0 Å².